The van der Waals surface area contributed by atoms with Gasteiger partial charge in [-0.15, -0.1) is 0 Å². The summed E-state index contributed by atoms with van der Waals surface area (Å²) in [5.41, 5.74) is 1.13. The van der Waals surface area contributed by atoms with Crippen molar-refractivity contribution >= 4 is 27.3 Å². The molecular weight excluding hydrogens is 420 g/mol. The van der Waals surface area contributed by atoms with Crippen LogP contribution in [-0.2, 0) is 10.0 Å². The zero-order chi connectivity index (χ0) is 21.0. The van der Waals surface area contributed by atoms with Crippen molar-refractivity contribution in [3.63, 3.8) is 0 Å². The van der Waals surface area contributed by atoms with E-state index in [1.165, 1.54) is 12.1 Å². The highest BCUT2D eigenvalue weighted by Crippen LogP contribution is 2.29. The number of hydrogen-bond acceptors (Lipinski definition) is 4. The largest absolute Gasteiger partial charge is 0.456 e. The van der Waals surface area contributed by atoms with Gasteiger partial charge >= 0.3 is 0 Å². The second-order valence-electron chi connectivity index (χ2n) is 7.18. The van der Waals surface area contributed by atoms with Gasteiger partial charge in [0, 0.05) is 24.8 Å². The van der Waals surface area contributed by atoms with Gasteiger partial charge in [0.15, 0.2) is 0 Å². The van der Waals surface area contributed by atoms with E-state index in [2.05, 4.69) is 21.8 Å². The van der Waals surface area contributed by atoms with Gasteiger partial charge in [-0.1, -0.05) is 41.9 Å². The van der Waals surface area contributed by atoms with Crippen LogP contribution in [0.2, 0.25) is 5.02 Å². The third-order valence-electron chi connectivity index (χ3n) is 5.17. The average molecular weight is 443 g/mol. The van der Waals surface area contributed by atoms with Crippen molar-refractivity contribution in [2.75, 3.05) is 18.0 Å². The Morgan fingerprint density at radius 3 is 2.40 bits per heavy atom. The Hall–Kier alpha value is -2.54. The van der Waals surface area contributed by atoms with Gasteiger partial charge in [-0.2, -0.15) is 0 Å². The molecule has 30 heavy (non-hydrogen) atoms. The Morgan fingerprint density at radius 1 is 0.967 bits per heavy atom. The van der Waals surface area contributed by atoms with Crippen LogP contribution in [0.3, 0.4) is 0 Å². The lowest BCUT2D eigenvalue weighted by Gasteiger charge is -2.27. The fraction of sp³-hybridized carbons (Fsp3) is 0.217. The quantitative estimate of drug-likeness (QED) is 0.554. The summed E-state index contributed by atoms with van der Waals surface area (Å²) in [4.78, 5) is 2.47. The molecular formula is C23H23ClN2O3S. The summed E-state index contributed by atoms with van der Waals surface area (Å²) in [6.45, 7) is 1.31. The molecule has 4 rings (SSSR count). The molecule has 0 amide bonds. The number of hydrogen-bond donors (Lipinski definition) is 1. The minimum Gasteiger partial charge on any atom is -0.456 e. The van der Waals surface area contributed by atoms with Gasteiger partial charge in [0.1, 0.15) is 11.5 Å². The van der Waals surface area contributed by atoms with Crippen LogP contribution < -0.4 is 14.4 Å². The fourth-order valence-electron chi connectivity index (χ4n) is 3.64. The van der Waals surface area contributed by atoms with Crippen LogP contribution in [0.25, 0.3) is 0 Å². The number of ether oxygens (including phenoxy) is 1. The number of rotatable bonds is 7. The molecule has 0 saturated carbocycles. The monoisotopic (exact) mass is 442 g/mol. The lowest BCUT2D eigenvalue weighted by molar-refractivity contribution is 0.482. The Morgan fingerprint density at radius 2 is 1.67 bits per heavy atom. The average Bonchev–Trinajstić information content (AvgIpc) is 3.24. The molecule has 1 fully saturated rings. The Bertz CT molecular complexity index is 1090. The van der Waals surface area contributed by atoms with Crippen molar-refractivity contribution in [1.82, 2.24) is 4.72 Å². The molecule has 0 aliphatic carbocycles. The van der Waals surface area contributed by atoms with E-state index in [-0.39, 0.29) is 10.9 Å². The molecule has 0 spiro atoms. The predicted octanol–water partition coefficient (Wildman–Crippen LogP) is 5.08. The van der Waals surface area contributed by atoms with E-state index in [0.29, 0.717) is 23.1 Å². The van der Waals surface area contributed by atoms with Crippen LogP contribution in [-0.4, -0.2) is 27.5 Å². The molecule has 3 aromatic rings. The smallest absolute Gasteiger partial charge is 0.240 e. The van der Waals surface area contributed by atoms with Crippen molar-refractivity contribution in [3.05, 3.63) is 83.9 Å². The second kappa shape index (κ2) is 9.08. The highest BCUT2D eigenvalue weighted by molar-refractivity contribution is 7.89. The van der Waals surface area contributed by atoms with Crippen LogP contribution in [0.5, 0.6) is 11.5 Å². The molecule has 7 heteroatoms. The molecule has 1 aliphatic rings. The lowest BCUT2D eigenvalue weighted by Crippen LogP contribution is -2.40. The molecule has 156 valence electrons. The first-order valence-electron chi connectivity index (χ1n) is 9.87. The number of nitrogens with one attached hydrogen (secondary N) is 1. The summed E-state index contributed by atoms with van der Waals surface area (Å²) in [5, 5.41) is 0.496. The van der Waals surface area contributed by atoms with Gasteiger partial charge in [-0.25, -0.2) is 13.1 Å². The molecule has 1 heterocycles. The Labute approximate surface area is 182 Å². The maximum absolute atomic E-state index is 12.8. The summed E-state index contributed by atoms with van der Waals surface area (Å²) >= 11 is 6.10. The number of anilines is 1. The van der Waals surface area contributed by atoms with E-state index >= 15 is 0 Å². The number of sulfonamides is 1. The highest BCUT2D eigenvalue weighted by atomic mass is 35.5. The van der Waals surface area contributed by atoms with Crippen LogP contribution in [0.1, 0.15) is 12.8 Å². The molecule has 1 saturated heterocycles. The third-order valence-corrected chi connectivity index (χ3v) is 6.92. The van der Waals surface area contributed by atoms with Crippen LogP contribution in [0, 0.1) is 0 Å². The Balaban J connectivity index is 1.40. The van der Waals surface area contributed by atoms with E-state index in [4.69, 9.17) is 16.3 Å². The van der Waals surface area contributed by atoms with E-state index < -0.39 is 10.0 Å². The normalized spacial score (nSPS) is 16.6. The maximum atomic E-state index is 12.8. The summed E-state index contributed by atoms with van der Waals surface area (Å²) in [7, 11) is -3.61. The first-order chi connectivity index (χ1) is 14.5. The third kappa shape index (κ3) is 4.78. The maximum Gasteiger partial charge on any atom is 0.240 e. The topological polar surface area (TPSA) is 58.6 Å². The molecule has 0 radical (unpaired) electrons. The molecule has 1 unspecified atom stereocenters. The summed E-state index contributed by atoms with van der Waals surface area (Å²) in [5.74, 6) is 1.04. The number of para-hydroxylation sites is 2. The van der Waals surface area contributed by atoms with Crippen molar-refractivity contribution < 1.29 is 13.2 Å². The molecule has 1 atom stereocenters. The summed E-state index contributed by atoms with van der Waals surface area (Å²) in [6.07, 6.45) is 2.01. The first kappa shape index (κ1) is 20.7. The molecule has 1 aliphatic heterocycles. The minimum absolute atomic E-state index is 0.144. The van der Waals surface area contributed by atoms with Crippen LogP contribution >= 0.6 is 11.6 Å². The van der Waals surface area contributed by atoms with E-state index in [9.17, 15) is 8.42 Å². The van der Waals surface area contributed by atoms with E-state index in [1.54, 1.807) is 24.3 Å². The molecule has 0 aromatic heterocycles. The van der Waals surface area contributed by atoms with Crippen LogP contribution in [0.15, 0.2) is 83.8 Å². The van der Waals surface area contributed by atoms with Gasteiger partial charge in [-0.05, 0) is 61.4 Å². The lowest BCUT2D eigenvalue weighted by atomic mass is 10.2. The van der Waals surface area contributed by atoms with Gasteiger partial charge < -0.3 is 9.64 Å². The van der Waals surface area contributed by atoms with Gasteiger partial charge in [0.05, 0.1) is 9.92 Å². The standard InChI is InChI=1S/C23H23ClN2O3S/c24-22-10-4-5-11-23(22)29-20-12-14-21(15-13-20)30(27,28)25-17-19-9-6-16-26(19)18-7-2-1-3-8-18/h1-5,7-8,10-15,19,25H,6,9,16-17H2. The molecule has 1 N–H and O–H groups in total. The van der Waals surface area contributed by atoms with Crippen molar-refractivity contribution in [2.24, 2.45) is 0 Å². The minimum atomic E-state index is -3.61. The van der Waals surface area contributed by atoms with Gasteiger partial charge in [0.2, 0.25) is 10.0 Å². The van der Waals surface area contributed by atoms with Crippen molar-refractivity contribution in [3.8, 4) is 11.5 Å². The van der Waals surface area contributed by atoms with Crippen LogP contribution in [0.4, 0.5) is 5.69 Å². The number of benzene rings is 3. The summed E-state index contributed by atoms with van der Waals surface area (Å²) in [6, 6.07) is 23.7. The first-order valence-corrected chi connectivity index (χ1v) is 11.7. The summed E-state index contributed by atoms with van der Waals surface area (Å²) < 4.78 is 34.0. The predicted molar refractivity (Wildman–Crippen MR) is 120 cm³/mol. The zero-order valence-electron chi connectivity index (χ0n) is 16.4. The molecule has 3 aromatic carbocycles. The molecule has 0 bridgehead atoms. The van der Waals surface area contributed by atoms with Crippen molar-refractivity contribution in [1.29, 1.82) is 0 Å². The highest BCUT2D eigenvalue weighted by Gasteiger charge is 2.26. The van der Waals surface area contributed by atoms with Gasteiger partial charge in [0.25, 0.3) is 0 Å². The van der Waals surface area contributed by atoms with Crippen molar-refractivity contribution in [2.45, 2.75) is 23.8 Å². The number of nitrogens with zero attached hydrogens (tertiary/aromatic N) is 1. The SMILES string of the molecule is O=S(=O)(NCC1CCCN1c1ccccc1)c1ccc(Oc2ccccc2Cl)cc1. The number of halogens is 1. The fourth-order valence-corrected chi connectivity index (χ4v) is 4.89. The van der Waals surface area contributed by atoms with Gasteiger partial charge in [-0.3, -0.25) is 0 Å². The second-order valence-corrected chi connectivity index (χ2v) is 9.35. The zero-order valence-corrected chi connectivity index (χ0v) is 17.9. The van der Waals surface area contributed by atoms with E-state index in [0.717, 1.165) is 25.1 Å². The Kier molecular flexibility index (Phi) is 6.27. The molecule has 5 nitrogen and oxygen atoms in total. The van der Waals surface area contributed by atoms with E-state index in [1.807, 2.05) is 30.3 Å².